The fourth-order valence-corrected chi connectivity index (χ4v) is 0.957. The van der Waals surface area contributed by atoms with Crippen LogP contribution in [0.2, 0.25) is 0 Å². The third-order valence-electron chi connectivity index (χ3n) is 1.56. The van der Waals surface area contributed by atoms with E-state index in [0.29, 0.717) is 5.46 Å². The second-order valence-electron chi connectivity index (χ2n) is 2.51. The Kier molecular flexibility index (Phi) is 3.27. The van der Waals surface area contributed by atoms with Crippen molar-refractivity contribution in [1.29, 1.82) is 5.26 Å². The first-order valence-corrected chi connectivity index (χ1v) is 3.76. The van der Waals surface area contributed by atoms with E-state index in [9.17, 15) is 0 Å². The molecule has 3 nitrogen and oxygen atoms in total. The monoisotopic (exact) mass is 173 g/mol. The minimum Gasteiger partial charge on any atom is -0.423 e. The van der Waals surface area contributed by atoms with Gasteiger partial charge in [0.25, 0.3) is 0 Å². The summed E-state index contributed by atoms with van der Waals surface area (Å²) >= 11 is 0. The summed E-state index contributed by atoms with van der Waals surface area (Å²) in [6.45, 7) is 0. The van der Waals surface area contributed by atoms with Gasteiger partial charge in [0.05, 0.1) is 6.07 Å². The van der Waals surface area contributed by atoms with Gasteiger partial charge in [-0.25, -0.2) is 0 Å². The maximum atomic E-state index is 8.84. The molecule has 0 radical (unpaired) electrons. The zero-order valence-electron chi connectivity index (χ0n) is 6.88. The van der Waals surface area contributed by atoms with Crippen LogP contribution in [-0.2, 0) is 0 Å². The second kappa shape index (κ2) is 4.46. The Morgan fingerprint density at radius 2 is 2.15 bits per heavy atom. The summed E-state index contributed by atoms with van der Waals surface area (Å²) in [6.07, 6.45) is 2.94. The van der Waals surface area contributed by atoms with Crippen molar-refractivity contribution >= 4 is 18.7 Å². The van der Waals surface area contributed by atoms with Crippen LogP contribution >= 0.6 is 0 Å². The molecule has 0 aromatic heterocycles. The SMILES string of the molecule is N#C/C=C/c1cccc(B(O)O)c1. The van der Waals surface area contributed by atoms with Gasteiger partial charge < -0.3 is 10.0 Å². The minimum absolute atomic E-state index is 0.417. The number of hydrogen-bond donors (Lipinski definition) is 2. The molecule has 64 valence electrons. The highest BCUT2D eigenvalue weighted by Crippen LogP contribution is 1.99. The summed E-state index contributed by atoms with van der Waals surface area (Å²) in [5.74, 6) is 0. The highest BCUT2D eigenvalue weighted by atomic mass is 16.4. The van der Waals surface area contributed by atoms with Crippen LogP contribution in [0.1, 0.15) is 5.56 Å². The van der Waals surface area contributed by atoms with Crippen molar-refractivity contribution in [2.45, 2.75) is 0 Å². The number of benzene rings is 1. The van der Waals surface area contributed by atoms with Crippen LogP contribution in [0.5, 0.6) is 0 Å². The number of nitrogens with zero attached hydrogens (tertiary/aromatic N) is 1. The normalized spacial score (nSPS) is 9.92. The van der Waals surface area contributed by atoms with Gasteiger partial charge in [0.15, 0.2) is 0 Å². The molecule has 0 aliphatic rings. The molecule has 0 heterocycles. The lowest BCUT2D eigenvalue weighted by atomic mass is 9.79. The van der Waals surface area contributed by atoms with E-state index in [1.165, 1.54) is 6.08 Å². The topological polar surface area (TPSA) is 64.2 Å². The first kappa shape index (κ1) is 9.52. The van der Waals surface area contributed by atoms with Crippen molar-refractivity contribution in [2.24, 2.45) is 0 Å². The molecule has 0 atom stereocenters. The molecule has 0 fully saturated rings. The molecule has 13 heavy (non-hydrogen) atoms. The smallest absolute Gasteiger partial charge is 0.423 e. The van der Waals surface area contributed by atoms with Gasteiger partial charge in [0.1, 0.15) is 0 Å². The van der Waals surface area contributed by atoms with Gasteiger partial charge in [-0.3, -0.25) is 0 Å². The average molecular weight is 173 g/mol. The van der Waals surface area contributed by atoms with Crippen molar-refractivity contribution < 1.29 is 10.0 Å². The Labute approximate surface area is 76.7 Å². The molecule has 0 spiro atoms. The summed E-state index contributed by atoms with van der Waals surface area (Å²) in [5.41, 5.74) is 1.19. The zero-order valence-corrected chi connectivity index (χ0v) is 6.88. The first-order chi connectivity index (χ1) is 6.24. The van der Waals surface area contributed by atoms with Crippen LogP contribution in [0.25, 0.3) is 6.08 Å². The van der Waals surface area contributed by atoms with Gasteiger partial charge >= 0.3 is 7.12 Å². The van der Waals surface area contributed by atoms with E-state index in [1.54, 1.807) is 30.3 Å². The lowest BCUT2D eigenvalue weighted by Crippen LogP contribution is -2.29. The van der Waals surface area contributed by atoms with Crippen LogP contribution < -0.4 is 5.46 Å². The largest absolute Gasteiger partial charge is 0.488 e. The van der Waals surface area contributed by atoms with Crippen LogP contribution in [0.15, 0.2) is 30.3 Å². The Morgan fingerprint density at radius 1 is 1.38 bits per heavy atom. The molecule has 0 saturated carbocycles. The first-order valence-electron chi connectivity index (χ1n) is 3.76. The number of allylic oxidation sites excluding steroid dienone is 1. The lowest BCUT2D eigenvalue weighted by molar-refractivity contribution is 0.426. The maximum Gasteiger partial charge on any atom is 0.488 e. The maximum absolute atomic E-state index is 8.84. The third kappa shape index (κ3) is 2.75. The fourth-order valence-electron chi connectivity index (χ4n) is 0.957. The van der Waals surface area contributed by atoms with Crippen LogP contribution in [-0.4, -0.2) is 17.2 Å². The Bertz CT molecular complexity index is 355. The molecule has 0 aliphatic carbocycles. The molecule has 0 amide bonds. The molecular formula is C9H8BNO2. The van der Waals surface area contributed by atoms with Gasteiger partial charge in [-0.2, -0.15) is 5.26 Å². The second-order valence-corrected chi connectivity index (χ2v) is 2.51. The standard InChI is InChI=1S/C9H8BNO2/c11-6-2-4-8-3-1-5-9(7-8)10(12)13/h1-5,7,12-13H/b4-2+. The minimum atomic E-state index is -1.46. The summed E-state index contributed by atoms with van der Waals surface area (Å²) in [7, 11) is -1.46. The van der Waals surface area contributed by atoms with E-state index >= 15 is 0 Å². The Morgan fingerprint density at radius 3 is 2.77 bits per heavy atom. The molecule has 0 aliphatic heterocycles. The molecule has 0 bridgehead atoms. The van der Waals surface area contributed by atoms with E-state index in [2.05, 4.69) is 0 Å². The molecule has 2 N–H and O–H groups in total. The molecule has 0 unspecified atom stereocenters. The van der Waals surface area contributed by atoms with Crippen molar-refractivity contribution in [2.75, 3.05) is 0 Å². The van der Waals surface area contributed by atoms with Crippen molar-refractivity contribution in [3.8, 4) is 6.07 Å². The van der Waals surface area contributed by atoms with Gasteiger partial charge in [-0.1, -0.05) is 24.3 Å². The van der Waals surface area contributed by atoms with E-state index < -0.39 is 7.12 Å². The number of hydrogen-bond acceptors (Lipinski definition) is 3. The van der Waals surface area contributed by atoms with Crippen molar-refractivity contribution in [1.82, 2.24) is 0 Å². The van der Waals surface area contributed by atoms with E-state index in [1.807, 2.05) is 6.07 Å². The van der Waals surface area contributed by atoms with E-state index in [-0.39, 0.29) is 0 Å². The average Bonchev–Trinajstić information content (AvgIpc) is 2.15. The molecular weight excluding hydrogens is 165 g/mol. The molecule has 1 aromatic rings. The number of nitriles is 1. The van der Waals surface area contributed by atoms with E-state index in [4.69, 9.17) is 15.3 Å². The summed E-state index contributed by atoms with van der Waals surface area (Å²) in [5, 5.41) is 26.0. The highest BCUT2D eigenvalue weighted by molar-refractivity contribution is 6.58. The third-order valence-corrected chi connectivity index (χ3v) is 1.56. The molecule has 1 rings (SSSR count). The predicted octanol–water partition coefficient (Wildman–Crippen LogP) is -0.0968. The van der Waals surface area contributed by atoms with Crippen LogP contribution in [0.4, 0.5) is 0 Å². The summed E-state index contributed by atoms with van der Waals surface area (Å²) in [6, 6.07) is 8.55. The predicted molar refractivity (Wildman–Crippen MR) is 50.9 cm³/mol. The van der Waals surface area contributed by atoms with Crippen LogP contribution in [0.3, 0.4) is 0 Å². The van der Waals surface area contributed by atoms with E-state index in [0.717, 1.165) is 5.56 Å². The molecule has 4 heteroatoms. The van der Waals surface area contributed by atoms with Crippen molar-refractivity contribution in [3.63, 3.8) is 0 Å². The highest BCUT2D eigenvalue weighted by Gasteiger charge is 2.09. The Balaban J connectivity index is 2.93. The zero-order chi connectivity index (χ0) is 9.68. The van der Waals surface area contributed by atoms with Gasteiger partial charge in [0.2, 0.25) is 0 Å². The Hall–Kier alpha value is -1.57. The molecule has 0 saturated heterocycles. The summed E-state index contributed by atoms with van der Waals surface area (Å²) in [4.78, 5) is 0. The van der Waals surface area contributed by atoms with Gasteiger partial charge in [-0.05, 0) is 17.1 Å². The van der Waals surface area contributed by atoms with Crippen molar-refractivity contribution in [3.05, 3.63) is 35.9 Å². The quantitative estimate of drug-likeness (QED) is 0.484. The van der Waals surface area contributed by atoms with Gasteiger partial charge in [0, 0.05) is 6.08 Å². The molecule has 1 aromatic carbocycles. The van der Waals surface area contributed by atoms with Gasteiger partial charge in [-0.15, -0.1) is 0 Å². The summed E-state index contributed by atoms with van der Waals surface area (Å²) < 4.78 is 0. The lowest BCUT2D eigenvalue weighted by Gasteiger charge is -1.99. The number of rotatable bonds is 2. The van der Waals surface area contributed by atoms with Crippen LogP contribution in [0, 0.1) is 11.3 Å². The fraction of sp³-hybridized carbons (Fsp3) is 0.